The average Bonchev–Trinajstić information content (AvgIpc) is 3.17. The number of carbonyl (C=O) groups is 2. The van der Waals surface area contributed by atoms with Crippen LogP contribution in [0.15, 0.2) is 55.1 Å². The summed E-state index contributed by atoms with van der Waals surface area (Å²) in [5, 5.41) is 22.2. The lowest BCUT2D eigenvalue weighted by atomic mass is 10.2. The van der Waals surface area contributed by atoms with Crippen LogP contribution in [0.4, 0.5) is 11.4 Å². The zero-order valence-corrected chi connectivity index (χ0v) is 19.5. The van der Waals surface area contributed by atoms with Crippen LogP contribution in [-0.2, 0) is 22.7 Å². The number of hydrogen-bond donors (Lipinski definition) is 2. The molecule has 0 radical (unpaired) electrons. The summed E-state index contributed by atoms with van der Waals surface area (Å²) >= 11 is 12.1. The molecular formula is C21H21Cl3N4O4. The number of aryl methyl sites for hydroxylation is 2. The molecule has 3 aromatic rings. The summed E-state index contributed by atoms with van der Waals surface area (Å²) in [6.45, 7) is 3.30. The standard InChI is InChI=1S/C21H21Cl2N4O4.ClH/c1-14-3-5-16(9-18(14)22)26(30)20(28)11-24-7-8-25(13-24)12-21(29)27(31)17-6-4-15(2)19(23)10-17;/h3-10,13,30-31H,11-12H2,1-2H3;1H/q+1;/p-1. The van der Waals surface area contributed by atoms with Crippen molar-refractivity contribution in [3.8, 4) is 0 Å². The predicted molar refractivity (Wildman–Crippen MR) is 116 cm³/mol. The fourth-order valence-corrected chi connectivity index (χ4v) is 3.14. The number of imidazole rings is 1. The molecule has 0 bridgehead atoms. The van der Waals surface area contributed by atoms with Gasteiger partial charge in [-0.1, -0.05) is 35.3 Å². The van der Waals surface area contributed by atoms with E-state index in [1.54, 1.807) is 36.7 Å². The van der Waals surface area contributed by atoms with Gasteiger partial charge in [0.15, 0.2) is 13.1 Å². The Bertz CT molecular complexity index is 1050. The van der Waals surface area contributed by atoms with E-state index in [-0.39, 0.29) is 36.9 Å². The number of rotatable bonds is 6. The first-order chi connectivity index (χ1) is 14.7. The molecule has 0 saturated heterocycles. The summed E-state index contributed by atoms with van der Waals surface area (Å²) < 4.78 is 3.00. The minimum absolute atomic E-state index is 0. The second-order valence-electron chi connectivity index (χ2n) is 7.04. The number of benzene rings is 2. The van der Waals surface area contributed by atoms with E-state index < -0.39 is 11.8 Å². The Balaban J connectivity index is 0.00000363. The summed E-state index contributed by atoms with van der Waals surface area (Å²) in [6, 6.07) is 9.56. The van der Waals surface area contributed by atoms with Crippen molar-refractivity contribution >= 4 is 46.4 Å². The van der Waals surface area contributed by atoms with Gasteiger partial charge in [0.25, 0.3) is 11.8 Å². The molecule has 0 aliphatic heterocycles. The van der Waals surface area contributed by atoms with Gasteiger partial charge in [0.05, 0.1) is 11.4 Å². The molecule has 1 heterocycles. The average molecular weight is 500 g/mol. The van der Waals surface area contributed by atoms with Crippen molar-refractivity contribution in [1.29, 1.82) is 0 Å². The zero-order valence-electron chi connectivity index (χ0n) is 17.2. The highest BCUT2D eigenvalue weighted by Crippen LogP contribution is 2.23. The molecule has 0 saturated carbocycles. The Morgan fingerprint density at radius 2 is 1.44 bits per heavy atom. The largest absolute Gasteiger partial charge is 1.00 e. The van der Waals surface area contributed by atoms with E-state index in [2.05, 4.69) is 0 Å². The van der Waals surface area contributed by atoms with Gasteiger partial charge in [-0.15, -0.1) is 0 Å². The molecule has 8 nitrogen and oxygen atoms in total. The number of halogens is 3. The van der Waals surface area contributed by atoms with Crippen molar-refractivity contribution in [3.05, 3.63) is 76.3 Å². The third kappa shape index (κ3) is 5.99. The van der Waals surface area contributed by atoms with Crippen LogP contribution < -0.4 is 27.1 Å². The molecule has 0 unspecified atom stereocenters. The van der Waals surface area contributed by atoms with Gasteiger partial charge in [-0.2, -0.15) is 10.1 Å². The van der Waals surface area contributed by atoms with Gasteiger partial charge in [-0.05, 0) is 49.2 Å². The van der Waals surface area contributed by atoms with E-state index >= 15 is 0 Å². The number of anilines is 2. The zero-order chi connectivity index (χ0) is 22.7. The maximum absolute atomic E-state index is 12.4. The van der Waals surface area contributed by atoms with E-state index in [0.717, 1.165) is 11.1 Å². The van der Waals surface area contributed by atoms with Crippen LogP contribution in [0.25, 0.3) is 0 Å². The normalized spacial score (nSPS) is 10.4. The molecule has 2 N–H and O–H groups in total. The summed E-state index contributed by atoms with van der Waals surface area (Å²) in [5.41, 5.74) is 2.16. The summed E-state index contributed by atoms with van der Waals surface area (Å²) in [5.74, 6) is -1.18. The number of nitrogens with zero attached hydrogens (tertiary/aromatic N) is 4. The topological polar surface area (TPSA) is 89.9 Å². The minimum Gasteiger partial charge on any atom is -1.00 e. The van der Waals surface area contributed by atoms with Crippen molar-refractivity contribution in [2.75, 3.05) is 10.1 Å². The lowest BCUT2D eigenvalue weighted by molar-refractivity contribution is -0.683. The highest BCUT2D eigenvalue weighted by atomic mass is 35.5. The van der Waals surface area contributed by atoms with Crippen LogP contribution >= 0.6 is 23.2 Å². The Hall–Kier alpha value is -2.62. The van der Waals surface area contributed by atoms with Gasteiger partial charge in [0, 0.05) is 10.0 Å². The van der Waals surface area contributed by atoms with E-state index in [9.17, 15) is 20.0 Å². The lowest BCUT2D eigenvalue weighted by Crippen LogP contribution is -3.00. The van der Waals surface area contributed by atoms with Gasteiger partial charge < -0.3 is 12.4 Å². The van der Waals surface area contributed by atoms with Gasteiger partial charge in [0.1, 0.15) is 12.4 Å². The van der Waals surface area contributed by atoms with Gasteiger partial charge in [-0.3, -0.25) is 20.0 Å². The van der Waals surface area contributed by atoms with E-state index in [4.69, 9.17) is 23.2 Å². The van der Waals surface area contributed by atoms with Crippen molar-refractivity contribution < 1.29 is 37.0 Å². The Kier molecular flexibility index (Phi) is 8.65. The molecule has 0 aliphatic carbocycles. The quantitative estimate of drug-likeness (QED) is 0.294. The highest BCUT2D eigenvalue weighted by Gasteiger charge is 2.20. The first-order valence-electron chi connectivity index (χ1n) is 9.26. The smallest absolute Gasteiger partial charge is 0.292 e. The number of aromatic nitrogens is 2. The number of amides is 2. The molecule has 3 rings (SSSR count). The van der Waals surface area contributed by atoms with E-state index in [0.29, 0.717) is 20.2 Å². The second kappa shape index (κ2) is 10.8. The third-order valence-corrected chi connectivity index (χ3v) is 5.47. The van der Waals surface area contributed by atoms with E-state index in [1.165, 1.54) is 27.6 Å². The maximum Gasteiger partial charge on any atom is 0.292 e. The molecule has 2 aromatic carbocycles. The Morgan fingerprint density at radius 1 is 0.938 bits per heavy atom. The SMILES string of the molecule is Cc1ccc(N(O)C(=O)Cn2cc[n+](CC(=O)N(O)c3ccc(C)c(Cl)c3)c2)cc1Cl.[Cl-]. The monoisotopic (exact) mass is 498 g/mol. The van der Waals surface area contributed by atoms with Crippen LogP contribution in [0.5, 0.6) is 0 Å². The number of hydrogen-bond acceptors (Lipinski definition) is 4. The lowest BCUT2D eigenvalue weighted by Gasteiger charge is -2.15. The maximum atomic E-state index is 12.4. The van der Waals surface area contributed by atoms with Gasteiger partial charge in [0.2, 0.25) is 6.33 Å². The fraction of sp³-hybridized carbons (Fsp3) is 0.190. The summed E-state index contributed by atoms with van der Waals surface area (Å²) in [4.78, 5) is 24.7. The van der Waals surface area contributed by atoms with Gasteiger partial charge in [-0.25, -0.2) is 9.13 Å². The molecule has 0 fully saturated rings. The van der Waals surface area contributed by atoms with Crippen molar-refractivity contribution in [2.24, 2.45) is 0 Å². The molecule has 1 aromatic heterocycles. The molecule has 0 spiro atoms. The molecule has 2 amide bonds. The molecule has 0 atom stereocenters. The minimum atomic E-state index is -0.591. The predicted octanol–water partition coefficient (Wildman–Crippen LogP) is 0.548. The first-order valence-corrected chi connectivity index (χ1v) is 10.0. The third-order valence-electron chi connectivity index (χ3n) is 4.65. The van der Waals surface area contributed by atoms with E-state index in [1.807, 2.05) is 13.8 Å². The van der Waals surface area contributed by atoms with Crippen LogP contribution in [-0.4, -0.2) is 26.8 Å². The Morgan fingerprint density at radius 3 is 1.94 bits per heavy atom. The molecule has 32 heavy (non-hydrogen) atoms. The molecule has 11 heteroatoms. The number of hydroxylamine groups is 2. The first kappa shape index (κ1) is 25.6. The second-order valence-corrected chi connectivity index (χ2v) is 7.85. The van der Waals surface area contributed by atoms with Crippen molar-refractivity contribution in [1.82, 2.24) is 4.57 Å². The summed E-state index contributed by atoms with van der Waals surface area (Å²) in [7, 11) is 0. The molecular weight excluding hydrogens is 479 g/mol. The highest BCUT2D eigenvalue weighted by molar-refractivity contribution is 6.32. The Labute approximate surface area is 201 Å². The molecule has 0 aliphatic rings. The molecule has 170 valence electrons. The van der Waals surface area contributed by atoms with Crippen molar-refractivity contribution in [2.45, 2.75) is 26.9 Å². The number of carbonyl (C=O) groups excluding carboxylic acids is 2. The van der Waals surface area contributed by atoms with Crippen LogP contribution in [0.3, 0.4) is 0 Å². The van der Waals surface area contributed by atoms with Crippen LogP contribution in [0, 0.1) is 13.8 Å². The fourth-order valence-electron chi connectivity index (χ4n) is 2.79. The van der Waals surface area contributed by atoms with Crippen molar-refractivity contribution in [3.63, 3.8) is 0 Å². The summed E-state index contributed by atoms with van der Waals surface area (Å²) in [6.07, 6.45) is 4.67. The van der Waals surface area contributed by atoms with Gasteiger partial charge >= 0.3 is 0 Å². The van der Waals surface area contributed by atoms with Crippen LogP contribution in [0.2, 0.25) is 10.0 Å². The van der Waals surface area contributed by atoms with Crippen LogP contribution in [0.1, 0.15) is 11.1 Å².